The number of nitro benzene ring substituents is 1. The van der Waals surface area contributed by atoms with Crippen LogP contribution in [-0.4, -0.2) is 41.4 Å². The summed E-state index contributed by atoms with van der Waals surface area (Å²) in [5.74, 6) is -0.794. The SMILES string of the molecule is COc1ccc([N+](=O)[O-])cc1NC(=O)NCN1C(=O)[C@@H]2[C@H](C1=O)[C@H]1C=C[C@H]2CC1. The van der Waals surface area contributed by atoms with E-state index in [1.807, 2.05) is 12.2 Å². The molecule has 4 atom stereocenters. The Kier molecular flexibility index (Phi) is 4.69. The highest BCUT2D eigenvalue weighted by Crippen LogP contribution is 2.49. The molecule has 29 heavy (non-hydrogen) atoms. The zero-order valence-electron chi connectivity index (χ0n) is 15.7. The summed E-state index contributed by atoms with van der Waals surface area (Å²) < 4.78 is 5.10. The number of ether oxygens (including phenoxy) is 1. The zero-order chi connectivity index (χ0) is 20.7. The molecule has 2 fully saturated rings. The van der Waals surface area contributed by atoms with Gasteiger partial charge in [-0.05, 0) is 30.7 Å². The number of hydrogen-bond donors (Lipinski definition) is 2. The first kappa shape index (κ1) is 18.9. The summed E-state index contributed by atoms with van der Waals surface area (Å²) in [6, 6.07) is 3.09. The first-order valence-corrected chi connectivity index (χ1v) is 9.31. The standard InChI is InChI=1S/C19H20N4O6/c1-29-14-7-6-12(23(27)28)8-13(14)21-19(26)20-9-22-17(24)15-10-2-3-11(5-4-10)16(15)18(22)25/h2-3,6-8,10-11,15-16H,4-5,9H2,1H3,(H2,20,21,26)/t10-,11-,15-,16+/m0/s1. The number of allylic oxidation sites excluding steroid dienone is 2. The molecule has 0 spiro atoms. The smallest absolute Gasteiger partial charge is 0.320 e. The lowest BCUT2D eigenvalue weighted by Crippen LogP contribution is -2.43. The van der Waals surface area contributed by atoms with Gasteiger partial charge in [-0.2, -0.15) is 0 Å². The van der Waals surface area contributed by atoms with Crippen molar-refractivity contribution < 1.29 is 24.0 Å². The lowest BCUT2D eigenvalue weighted by atomic mass is 9.63. The predicted octanol–water partition coefficient (Wildman–Crippen LogP) is 1.88. The number of fused-ring (bicyclic) bond motifs is 1. The monoisotopic (exact) mass is 400 g/mol. The summed E-state index contributed by atoms with van der Waals surface area (Å²) in [5.41, 5.74) is -0.104. The van der Waals surface area contributed by atoms with E-state index in [1.54, 1.807) is 0 Å². The molecule has 152 valence electrons. The molecule has 2 N–H and O–H groups in total. The van der Waals surface area contributed by atoms with E-state index in [2.05, 4.69) is 10.6 Å². The number of likely N-dealkylation sites (tertiary alicyclic amines) is 1. The summed E-state index contributed by atoms with van der Waals surface area (Å²) in [4.78, 5) is 49.2. The Labute approximate surface area is 166 Å². The average molecular weight is 400 g/mol. The lowest BCUT2D eigenvalue weighted by Gasteiger charge is -2.38. The highest BCUT2D eigenvalue weighted by molar-refractivity contribution is 6.06. The Morgan fingerprint density at radius 2 is 1.83 bits per heavy atom. The molecule has 0 unspecified atom stereocenters. The number of nitro groups is 1. The fraction of sp³-hybridized carbons (Fsp3) is 0.421. The largest absolute Gasteiger partial charge is 0.495 e. The average Bonchev–Trinajstić information content (AvgIpc) is 2.99. The number of nitrogens with zero attached hydrogens (tertiary/aromatic N) is 2. The van der Waals surface area contributed by atoms with E-state index in [1.165, 1.54) is 25.3 Å². The van der Waals surface area contributed by atoms with Crippen molar-refractivity contribution in [2.75, 3.05) is 19.1 Å². The Hall–Kier alpha value is -3.43. The molecule has 1 saturated heterocycles. The molecule has 5 rings (SSSR count). The van der Waals surface area contributed by atoms with Crippen LogP contribution in [-0.2, 0) is 9.59 Å². The van der Waals surface area contributed by atoms with Crippen LogP contribution >= 0.6 is 0 Å². The van der Waals surface area contributed by atoms with Gasteiger partial charge >= 0.3 is 6.03 Å². The number of anilines is 1. The van der Waals surface area contributed by atoms with Crippen molar-refractivity contribution in [2.24, 2.45) is 23.7 Å². The van der Waals surface area contributed by atoms with Gasteiger partial charge in [0.15, 0.2) is 0 Å². The molecular weight excluding hydrogens is 380 g/mol. The van der Waals surface area contributed by atoms with Gasteiger partial charge in [0.1, 0.15) is 12.4 Å². The molecule has 3 aliphatic carbocycles. The number of imide groups is 1. The Morgan fingerprint density at radius 3 is 2.34 bits per heavy atom. The van der Waals surface area contributed by atoms with Gasteiger partial charge in [-0.25, -0.2) is 4.79 Å². The topological polar surface area (TPSA) is 131 Å². The van der Waals surface area contributed by atoms with Crippen LogP contribution in [0.1, 0.15) is 12.8 Å². The molecule has 1 saturated carbocycles. The number of rotatable bonds is 5. The first-order chi connectivity index (χ1) is 13.9. The van der Waals surface area contributed by atoms with Crippen LogP contribution in [0.3, 0.4) is 0 Å². The van der Waals surface area contributed by atoms with Crippen molar-refractivity contribution in [2.45, 2.75) is 12.8 Å². The van der Waals surface area contributed by atoms with Crippen LogP contribution < -0.4 is 15.4 Å². The maximum Gasteiger partial charge on any atom is 0.320 e. The van der Waals surface area contributed by atoms with Gasteiger partial charge in [-0.15, -0.1) is 0 Å². The third-order valence-electron chi connectivity index (χ3n) is 5.89. The van der Waals surface area contributed by atoms with Gasteiger partial charge in [0.2, 0.25) is 11.8 Å². The van der Waals surface area contributed by atoms with Crippen molar-refractivity contribution in [3.05, 3.63) is 40.5 Å². The molecule has 4 aliphatic rings. The molecule has 1 aromatic carbocycles. The molecule has 10 heteroatoms. The van der Waals surface area contributed by atoms with E-state index in [9.17, 15) is 24.5 Å². The summed E-state index contributed by atoms with van der Waals surface area (Å²) in [7, 11) is 1.37. The van der Waals surface area contributed by atoms with E-state index in [4.69, 9.17) is 4.74 Å². The van der Waals surface area contributed by atoms with Gasteiger partial charge in [0, 0.05) is 12.1 Å². The van der Waals surface area contributed by atoms with Gasteiger partial charge < -0.3 is 15.4 Å². The first-order valence-electron chi connectivity index (χ1n) is 9.31. The molecule has 1 aromatic rings. The summed E-state index contributed by atoms with van der Waals surface area (Å²) >= 11 is 0. The summed E-state index contributed by atoms with van der Waals surface area (Å²) in [5, 5.41) is 15.9. The molecule has 1 aliphatic heterocycles. The number of non-ortho nitro benzene ring substituents is 1. The van der Waals surface area contributed by atoms with Crippen molar-refractivity contribution in [3.63, 3.8) is 0 Å². The van der Waals surface area contributed by atoms with Crippen LogP contribution in [0.4, 0.5) is 16.2 Å². The maximum atomic E-state index is 12.7. The van der Waals surface area contributed by atoms with Crippen molar-refractivity contribution in [1.82, 2.24) is 10.2 Å². The third kappa shape index (κ3) is 3.20. The molecule has 0 aromatic heterocycles. The van der Waals surface area contributed by atoms with Gasteiger partial charge in [0.05, 0.1) is 29.6 Å². The van der Waals surface area contributed by atoms with Crippen molar-refractivity contribution in [1.29, 1.82) is 0 Å². The van der Waals surface area contributed by atoms with Crippen molar-refractivity contribution in [3.8, 4) is 5.75 Å². The Balaban J connectivity index is 1.42. The Bertz CT molecular complexity index is 897. The second kappa shape index (κ2) is 7.19. The van der Waals surface area contributed by atoms with E-state index in [0.717, 1.165) is 17.7 Å². The van der Waals surface area contributed by atoms with Crippen LogP contribution in [0, 0.1) is 33.8 Å². The van der Waals surface area contributed by atoms with E-state index in [-0.39, 0.29) is 59.3 Å². The molecular formula is C19H20N4O6. The highest BCUT2D eigenvalue weighted by atomic mass is 16.6. The minimum absolute atomic E-state index is 0.0782. The molecule has 10 nitrogen and oxygen atoms in total. The zero-order valence-corrected chi connectivity index (χ0v) is 15.7. The Morgan fingerprint density at radius 1 is 1.21 bits per heavy atom. The second-order valence-corrected chi connectivity index (χ2v) is 7.38. The van der Waals surface area contributed by atoms with Crippen molar-refractivity contribution >= 4 is 29.2 Å². The van der Waals surface area contributed by atoms with Crippen LogP contribution in [0.25, 0.3) is 0 Å². The number of hydrogen-bond acceptors (Lipinski definition) is 6. The molecule has 1 heterocycles. The minimum Gasteiger partial charge on any atom is -0.495 e. The molecule has 2 bridgehead atoms. The van der Waals surface area contributed by atoms with Crippen LogP contribution in [0.15, 0.2) is 30.4 Å². The number of benzene rings is 1. The van der Waals surface area contributed by atoms with E-state index >= 15 is 0 Å². The number of nitrogens with one attached hydrogen (secondary N) is 2. The number of methoxy groups -OCH3 is 1. The molecule has 4 amide bonds. The second-order valence-electron chi connectivity index (χ2n) is 7.38. The summed E-state index contributed by atoms with van der Waals surface area (Å²) in [6.45, 7) is -0.257. The maximum absolute atomic E-state index is 12.7. The lowest BCUT2D eigenvalue weighted by molar-refractivity contribution is -0.384. The summed E-state index contributed by atoms with van der Waals surface area (Å²) in [6.07, 6.45) is 5.85. The molecule has 0 radical (unpaired) electrons. The van der Waals surface area contributed by atoms with Crippen LogP contribution in [0.5, 0.6) is 5.75 Å². The van der Waals surface area contributed by atoms with Gasteiger partial charge in [0.25, 0.3) is 5.69 Å². The van der Waals surface area contributed by atoms with E-state index < -0.39 is 11.0 Å². The fourth-order valence-corrected chi connectivity index (χ4v) is 4.52. The van der Waals surface area contributed by atoms with Gasteiger partial charge in [-0.1, -0.05) is 12.2 Å². The highest BCUT2D eigenvalue weighted by Gasteiger charge is 2.56. The normalized spacial score (nSPS) is 27.0. The number of carbonyl (C=O) groups excluding carboxylic acids is 3. The predicted molar refractivity (Wildman–Crippen MR) is 101 cm³/mol. The van der Waals surface area contributed by atoms with E-state index in [0.29, 0.717) is 0 Å². The number of urea groups is 1. The number of carbonyl (C=O) groups is 3. The fourth-order valence-electron chi connectivity index (χ4n) is 4.52. The number of amides is 4. The van der Waals surface area contributed by atoms with Crippen LogP contribution in [0.2, 0.25) is 0 Å². The quantitative estimate of drug-likeness (QED) is 0.336. The minimum atomic E-state index is -0.708. The third-order valence-corrected chi connectivity index (χ3v) is 5.89. The van der Waals surface area contributed by atoms with Gasteiger partial charge in [-0.3, -0.25) is 24.6 Å².